The summed E-state index contributed by atoms with van der Waals surface area (Å²) in [5, 5.41) is 3.77. The number of anilines is 1. The molecule has 0 bridgehead atoms. The number of carbonyl (C=O) groups is 3. The molecule has 0 aliphatic carbocycles. The molecule has 7 heteroatoms. The predicted molar refractivity (Wildman–Crippen MR) is 104 cm³/mol. The molecule has 2 aromatic carbocycles. The van der Waals surface area contributed by atoms with Crippen LogP contribution in [0.1, 0.15) is 18.5 Å². The minimum absolute atomic E-state index is 0.332. The van der Waals surface area contributed by atoms with Gasteiger partial charge in [-0.3, -0.25) is 19.7 Å². The molecule has 4 atom stereocenters. The number of amides is 2. The maximum absolute atomic E-state index is 13.3. The van der Waals surface area contributed by atoms with Gasteiger partial charge in [0.2, 0.25) is 11.8 Å². The molecule has 2 saturated heterocycles. The Balaban J connectivity index is 1.82. The van der Waals surface area contributed by atoms with E-state index in [-0.39, 0.29) is 5.91 Å². The third-order valence-electron chi connectivity index (χ3n) is 5.64. The van der Waals surface area contributed by atoms with Gasteiger partial charge in [0.15, 0.2) is 0 Å². The maximum atomic E-state index is 13.3. The van der Waals surface area contributed by atoms with Crippen LogP contribution in [0.25, 0.3) is 0 Å². The van der Waals surface area contributed by atoms with Crippen molar-refractivity contribution in [2.24, 2.45) is 11.8 Å². The molecular formula is C21H19ClN2O4. The van der Waals surface area contributed by atoms with Crippen molar-refractivity contribution in [1.29, 1.82) is 0 Å². The number of ether oxygens (including phenoxy) is 1. The molecule has 0 aromatic heterocycles. The van der Waals surface area contributed by atoms with Crippen LogP contribution in [0.15, 0.2) is 54.6 Å². The second-order valence-electron chi connectivity index (χ2n) is 7.22. The number of hydrogen-bond acceptors (Lipinski definition) is 5. The fourth-order valence-electron chi connectivity index (χ4n) is 4.33. The Hall–Kier alpha value is -2.70. The van der Waals surface area contributed by atoms with Crippen molar-refractivity contribution < 1.29 is 19.1 Å². The third kappa shape index (κ3) is 2.64. The Morgan fingerprint density at radius 1 is 1.07 bits per heavy atom. The smallest absolute Gasteiger partial charge is 0.326 e. The number of halogens is 1. The summed E-state index contributed by atoms with van der Waals surface area (Å²) >= 11 is 5.99. The van der Waals surface area contributed by atoms with Crippen molar-refractivity contribution >= 4 is 35.1 Å². The molecule has 2 fully saturated rings. The lowest BCUT2D eigenvalue weighted by molar-refractivity contribution is -0.151. The van der Waals surface area contributed by atoms with Gasteiger partial charge in [0.05, 0.1) is 24.6 Å². The molecule has 0 radical (unpaired) electrons. The first-order valence-corrected chi connectivity index (χ1v) is 9.30. The molecule has 0 unspecified atom stereocenters. The molecule has 144 valence electrons. The molecule has 2 amide bonds. The summed E-state index contributed by atoms with van der Waals surface area (Å²) in [5.74, 6) is -2.90. The van der Waals surface area contributed by atoms with Gasteiger partial charge in [-0.15, -0.1) is 0 Å². The number of hydrogen-bond donors (Lipinski definition) is 1. The van der Waals surface area contributed by atoms with E-state index in [0.29, 0.717) is 10.7 Å². The zero-order valence-electron chi connectivity index (χ0n) is 15.4. The number of para-hydroxylation sites is 1. The lowest BCUT2D eigenvalue weighted by atomic mass is 9.80. The molecule has 4 rings (SSSR count). The van der Waals surface area contributed by atoms with Crippen LogP contribution >= 0.6 is 11.6 Å². The average molecular weight is 399 g/mol. The van der Waals surface area contributed by atoms with Crippen LogP contribution in [0, 0.1) is 11.8 Å². The van der Waals surface area contributed by atoms with Crippen molar-refractivity contribution in [2.45, 2.75) is 18.5 Å². The van der Waals surface area contributed by atoms with Crippen LogP contribution in [0.4, 0.5) is 5.69 Å². The van der Waals surface area contributed by atoms with E-state index >= 15 is 0 Å². The topological polar surface area (TPSA) is 75.7 Å². The Morgan fingerprint density at radius 2 is 1.71 bits per heavy atom. The first-order valence-electron chi connectivity index (χ1n) is 8.93. The van der Waals surface area contributed by atoms with Crippen molar-refractivity contribution in [1.82, 2.24) is 5.32 Å². The number of benzene rings is 2. The predicted octanol–water partition coefficient (Wildman–Crippen LogP) is 2.72. The minimum atomic E-state index is -1.32. The summed E-state index contributed by atoms with van der Waals surface area (Å²) in [6.45, 7) is 1.62. The van der Waals surface area contributed by atoms with E-state index in [0.717, 1.165) is 5.56 Å². The number of fused-ring (bicyclic) bond motifs is 1. The Kier molecular flexibility index (Phi) is 4.48. The van der Waals surface area contributed by atoms with Gasteiger partial charge < -0.3 is 4.74 Å². The first kappa shape index (κ1) is 18.7. The molecular weight excluding hydrogens is 380 g/mol. The summed E-state index contributed by atoms with van der Waals surface area (Å²) in [7, 11) is 1.27. The summed E-state index contributed by atoms with van der Waals surface area (Å²) in [6, 6.07) is 15.3. The second-order valence-corrected chi connectivity index (χ2v) is 7.65. The molecule has 2 heterocycles. The van der Waals surface area contributed by atoms with Gasteiger partial charge in [0.25, 0.3) is 0 Å². The van der Waals surface area contributed by atoms with E-state index in [1.165, 1.54) is 12.0 Å². The van der Waals surface area contributed by atoms with Gasteiger partial charge >= 0.3 is 5.97 Å². The number of esters is 1. The molecule has 0 spiro atoms. The standard InChI is InChI=1S/C21H19ClN2O4/c1-21(20(27)28-2)16-15(17(23-21)12-8-10-13(22)11-9-12)18(25)24(19(16)26)14-6-4-3-5-7-14/h3-11,15-17,23H,1-2H3/t15-,16+,17+,21+/m0/s1. The zero-order chi connectivity index (χ0) is 20.1. The normalized spacial score (nSPS) is 29.1. The van der Waals surface area contributed by atoms with Gasteiger partial charge in [-0.2, -0.15) is 0 Å². The third-order valence-corrected chi connectivity index (χ3v) is 5.89. The van der Waals surface area contributed by atoms with Gasteiger partial charge in [-0.25, -0.2) is 4.90 Å². The molecule has 28 heavy (non-hydrogen) atoms. The monoisotopic (exact) mass is 398 g/mol. The lowest BCUT2D eigenvalue weighted by Crippen LogP contribution is -2.54. The number of rotatable bonds is 3. The van der Waals surface area contributed by atoms with Crippen molar-refractivity contribution in [3.63, 3.8) is 0 Å². The van der Waals surface area contributed by atoms with E-state index < -0.39 is 35.3 Å². The highest BCUT2D eigenvalue weighted by molar-refractivity contribution is 6.30. The summed E-state index contributed by atoms with van der Waals surface area (Å²) in [6.07, 6.45) is 0. The van der Waals surface area contributed by atoms with E-state index in [9.17, 15) is 14.4 Å². The molecule has 2 aromatic rings. The minimum Gasteiger partial charge on any atom is -0.468 e. The largest absolute Gasteiger partial charge is 0.468 e. The number of nitrogens with zero attached hydrogens (tertiary/aromatic N) is 1. The molecule has 2 aliphatic heterocycles. The fourth-order valence-corrected chi connectivity index (χ4v) is 4.45. The molecule has 2 aliphatic rings. The van der Waals surface area contributed by atoms with Crippen LogP contribution in [0.2, 0.25) is 5.02 Å². The quantitative estimate of drug-likeness (QED) is 0.635. The number of imide groups is 1. The molecule has 6 nitrogen and oxygen atoms in total. The Bertz CT molecular complexity index is 947. The highest BCUT2D eigenvalue weighted by Crippen LogP contribution is 2.49. The average Bonchev–Trinajstić information content (AvgIpc) is 3.16. The van der Waals surface area contributed by atoms with Crippen LogP contribution in [-0.4, -0.2) is 30.4 Å². The van der Waals surface area contributed by atoms with Gasteiger partial charge in [-0.1, -0.05) is 41.9 Å². The maximum Gasteiger partial charge on any atom is 0.326 e. The fraction of sp³-hybridized carbons (Fsp3) is 0.286. The Labute approximate surface area is 167 Å². The number of nitrogens with one attached hydrogen (secondary N) is 1. The van der Waals surface area contributed by atoms with Crippen molar-refractivity contribution in [2.75, 3.05) is 12.0 Å². The van der Waals surface area contributed by atoms with Crippen LogP contribution < -0.4 is 10.2 Å². The van der Waals surface area contributed by atoms with E-state index in [1.54, 1.807) is 55.5 Å². The number of carbonyl (C=O) groups excluding carboxylic acids is 3. The summed E-state index contributed by atoms with van der Waals surface area (Å²) in [5.41, 5.74) is -0.0444. The lowest BCUT2D eigenvalue weighted by Gasteiger charge is -2.28. The van der Waals surface area contributed by atoms with Crippen LogP contribution in [0.3, 0.4) is 0 Å². The van der Waals surface area contributed by atoms with Gasteiger partial charge in [-0.05, 0) is 36.8 Å². The van der Waals surface area contributed by atoms with E-state index in [1.807, 2.05) is 6.07 Å². The zero-order valence-corrected chi connectivity index (χ0v) is 16.1. The summed E-state index contributed by atoms with van der Waals surface area (Å²) in [4.78, 5) is 40.4. The molecule has 0 saturated carbocycles. The van der Waals surface area contributed by atoms with E-state index in [2.05, 4.69) is 5.32 Å². The summed E-state index contributed by atoms with van der Waals surface area (Å²) < 4.78 is 4.97. The van der Waals surface area contributed by atoms with E-state index in [4.69, 9.17) is 16.3 Å². The number of methoxy groups -OCH3 is 1. The Morgan fingerprint density at radius 3 is 2.32 bits per heavy atom. The molecule has 1 N–H and O–H groups in total. The van der Waals surface area contributed by atoms with Gasteiger partial charge in [0.1, 0.15) is 5.54 Å². The first-order chi connectivity index (χ1) is 13.4. The van der Waals surface area contributed by atoms with Crippen LogP contribution in [0.5, 0.6) is 0 Å². The highest BCUT2D eigenvalue weighted by Gasteiger charge is 2.67. The van der Waals surface area contributed by atoms with Crippen molar-refractivity contribution in [3.8, 4) is 0 Å². The van der Waals surface area contributed by atoms with Crippen LogP contribution in [-0.2, 0) is 19.1 Å². The second kappa shape index (κ2) is 6.72. The SMILES string of the molecule is COC(=O)[C@]1(C)N[C@H](c2ccc(Cl)cc2)[C@H]2C(=O)N(c3ccccc3)C(=O)[C@@H]21. The van der Waals surface area contributed by atoms with Gasteiger partial charge in [0, 0.05) is 11.1 Å². The van der Waals surface area contributed by atoms with Crippen molar-refractivity contribution in [3.05, 3.63) is 65.2 Å². The highest BCUT2D eigenvalue weighted by atomic mass is 35.5.